The van der Waals surface area contributed by atoms with Gasteiger partial charge in [-0.25, -0.2) is 9.78 Å². The first-order valence-corrected chi connectivity index (χ1v) is 26.3. The molecule has 20 heteroatoms. The van der Waals surface area contributed by atoms with Crippen molar-refractivity contribution >= 4 is 136 Å². The summed E-state index contributed by atoms with van der Waals surface area (Å²) in [6.45, 7) is 2.34. The molecular weight excluding hydrogens is 805 g/mol. The molecule has 47 heavy (non-hydrogen) atoms. The molecule has 0 bridgehead atoms. The largest absolute Gasteiger partial charge is 0.465 e. The average molecular weight is 855 g/mol. The number of hydrogen-bond donors (Lipinski definition) is 2. The van der Waals surface area contributed by atoms with Crippen molar-refractivity contribution in [1.29, 1.82) is 0 Å². The van der Waals surface area contributed by atoms with Crippen molar-refractivity contribution in [2.45, 2.75) is 25.7 Å². The maximum atomic E-state index is 11.9. The van der Waals surface area contributed by atoms with Crippen LogP contribution < -0.4 is 0 Å². The van der Waals surface area contributed by atoms with Crippen LogP contribution in [0.25, 0.3) is 0 Å². The Morgan fingerprint density at radius 3 is 1.11 bits per heavy atom. The average Bonchev–Trinajstić information content (AvgIpc) is 3.06. The van der Waals surface area contributed by atoms with Crippen LogP contribution in [-0.2, 0) is 38.4 Å². The summed E-state index contributed by atoms with van der Waals surface area (Å²) in [4.78, 5) is 45.6. The highest BCUT2D eigenvalue weighted by molar-refractivity contribution is 8.17. The minimum Gasteiger partial charge on any atom is -0.465 e. The number of thioether (sulfide) groups is 10. The van der Waals surface area contributed by atoms with Crippen molar-refractivity contribution in [3.63, 3.8) is 0 Å². The molecule has 0 unspecified atom stereocenters. The van der Waals surface area contributed by atoms with Gasteiger partial charge in [0.1, 0.15) is 19.8 Å². The highest BCUT2D eigenvalue weighted by atomic mass is 32.2. The monoisotopic (exact) mass is 854 g/mol. The number of carbonyl (C=O) groups excluding carboxylic acids is 3. The Hall–Kier alpha value is 1.75. The molecule has 0 aromatic heterocycles. The number of aliphatic hydroxyl groups excluding tert-OH is 2. The molecule has 0 amide bonds. The molecule has 0 saturated carbocycles. The highest BCUT2D eigenvalue weighted by Gasteiger charge is 2.06. The summed E-state index contributed by atoms with van der Waals surface area (Å²) in [7, 11) is 0. The molecule has 0 saturated heterocycles. The lowest BCUT2D eigenvalue weighted by Gasteiger charge is -2.06. The molecule has 0 aromatic rings. The van der Waals surface area contributed by atoms with Crippen molar-refractivity contribution in [2.24, 2.45) is 0 Å². The summed E-state index contributed by atoms with van der Waals surface area (Å²) in [5, 5.41) is 21.6. The lowest BCUT2D eigenvalue weighted by molar-refractivity contribution is -0.289. The van der Waals surface area contributed by atoms with Gasteiger partial charge in [-0.3, -0.25) is 14.4 Å². The Morgan fingerprint density at radius 2 is 0.702 bits per heavy atom. The fourth-order valence-electron chi connectivity index (χ4n) is 2.60. The van der Waals surface area contributed by atoms with Gasteiger partial charge < -0.3 is 24.4 Å². The maximum absolute atomic E-state index is 11.9. The topological polar surface area (TPSA) is 138 Å². The second-order valence-corrected chi connectivity index (χ2v) is 21.0. The summed E-state index contributed by atoms with van der Waals surface area (Å²) >= 11 is 16.5. The summed E-state index contributed by atoms with van der Waals surface area (Å²) in [5.41, 5.74) is 0. The first-order chi connectivity index (χ1) is 23.1. The van der Waals surface area contributed by atoms with Crippen molar-refractivity contribution in [1.82, 2.24) is 0 Å². The van der Waals surface area contributed by atoms with E-state index < -0.39 is 0 Å². The molecule has 0 aliphatic rings. The Labute approximate surface area is 323 Å². The minimum absolute atomic E-state index is 0.111. The fraction of sp³-hybridized carbons (Fsp3) is 0.889. The van der Waals surface area contributed by atoms with Gasteiger partial charge in [0.25, 0.3) is 0 Å². The van der Waals surface area contributed by atoms with E-state index >= 15 is 0 Å². The quantitative estimate of drug-likeness (QED) is 0.0183. The number of carbonyl (C=O) groups is 3. The van der Waals surface area contributed by atoms with Gasteiger partial charge in [0.05, 0.1) is 44.4 Å². The van der Waals surface area contributed by atoms with Crippen molar-refractivity contribution in [2.75, 3.05) is 116 Å². The van der Waals surface area contributed by atoms with E-state index in [1.54, 1.807) is 82.3 Å². The lowest BCUT2D eigenvalue weighted by Crippen LogP contribution is -2.09. The molecule has 0 fully saturated rings. The maximum Gasteiger partial charge on any atom is 0.306 e. The van der Waals surface area contributed by atoms with E-state index in [-0.39, 0.29) is 29.8 Å². The van der Waals surface area contributed by atoms with Gasteiger partial charge in [0.2, 0.25) is 0 Å². The van der Waals surface area contributed by atoms with E-state index in [0.717, 1.165) is 66.4 Å². The van der Waals surface area contributed by atoms with E-state index in [1.807, 2.05) is 11.8 Å². The lowest BCUT2D eigenvalue weighted by atomic mass is 10.5. The highest BCUT2D eigenvalue weighted by Crippen LogP contribution is 2.17. The second-order valence-electron chi connectivity index (χ2n) is 8.43. The minimum atomic E-state index is -0.184. The third-order valence-corrected chi connectivity index (χ3v) is 15.7. The summed E-state index contributed by atoms with van der Waals surface area (Å²) < 4.78 is 15.6. The fourth-order valence-corrected chi connectivity index (χ4v) is 11.4. The smallest absolute Gasteiger partial charge is 0.306 e. The number of esters is 3. The van der Waals surface area contributed by atoms with Crippen LogP contribution >= 0.6 is 118 Å². The Balaban J connectivity index is 3.24. The van der Waals surface area contributed by atoms with Gasteiger partial charge in [-0.05, 0) is 12.2 Å². The van der Waals surface area contributed by atoms with E-state index in [9.17, 15) is 14.4 Å². The van der Waals surface area contributed by atoms with E-state index in [2.05, 4.69) is 0 Å². The Morgan fingerprint density at radius 1 is 0.383 bits per heavy atom. The Kier molecular flexibility index (Phi) is 43.7. The standard InChI is InChI=1S/C27H50O10S10/c28-18-46-23-43-15-7-34-25(30)2-11-39-20-38-10-1-5-36-37-9-17-45-22-42-14-6-33-26(31)3-12-40-21-41-13-4-27(32)35-8-16-44-24-47-19-29/h28-29H,1-24H2. The predicted octanol–water partition coefficient (Wildman–Crippen LogP) is 6.14. The third-order valence-electron chi connectivity index (χ3n) is 4.75. The first kappa shape index (κ1) is 48.8. The van der Waals surface area contributed by atoms with E-state index in [4.69, 9.17) is 34.2 Å². The third kappa shape index (κ3) is 42.1. The zero-order chi connectivity index (χ0) is 34.3. The molecule has 0 aliphatic heterocycles. The number of aliphatic hydroxyl groups is 2. The van der Waals surface area contributed by atoms with Crippen molar-refractivity contribution in [3.05, 3.63) is 0 Å². The molecule has 0 rings (SSSR count). The SMILES string of the molecule is O=C(CCSCSCCCOOCCSCSCCOC(=O)CCSCSCCC(=O)OCCSCSCO)OCCSCSCO. The van der Waals surface area contributed by atoms with Crippen LogP contribution in [0.2, 0.25) is 0 Å². The van der Waals surface area contributed by atoms with Crippen LogP contribution in [0.3, 0.4) is 0 Å². The zero-order valence-corrected chi connectivity index (χ0v) is 34.9. The van der Waals surface area contributed by atoms with E-state index in [1.165, 1.54) is 23.5 Å². The van der Waals surface area contributed by atoms with Gasteiger partial charge in [-0.2, -0.15) is 47.0 Å². The molecular formula is C27H50O10S10. The predicted molar refractivity (Wildman–Crippen MR) is 217 cm³/mol. The molecule has 0 aliphatic carbocycles. The molecule has 0 radical (unpaired) electrons. The van der Waals surface area contributed by atoms with Crippen LogP contribution in [0, 0.1) is 0 Å². The molecule has 0 atom stereocenters. The normalized spacial score (nSPS) is 11.1. The first-order valence-electron chi connectivity index (χ1n) is 14.8. The molecule has 0 spiro atoms. The number of ether oxygens (including phenoxy) is 3. The van der Waals surface area contributed by atoms with Crippen molar-refractivity contribution in [3.8, 4) is 0 Å². The van der Waals surface area contributed by atoms with Gasteiger partial charge >= 0.3 is 17.9 Å². The summed E-state index contributed by atoms with van der Waals surface area (Å²) in [6, 6.07) is 0. The van der Waals surface area contributed by atoms with Gasteiger partial charge in [-0.1, -0.05) is 0 Å². The Bertz CT molecular complexity index is 719. The van der Waals surface area contributed by atoms with Crippen LogP contribution in [0.5, 0.6) is 0 Å². The molecule has 0 heterocycles. The van der Waals surface area contributed by atoms with Crippen LogP contribution in [0.4, 0.5) is 0 Å². The van der Waals surface area contributed by atoms with Crippen LogP contribution in [0.15, 0.2) is 0 Å². The van der Waals surface area contributed by atoms with E-state index in [0.29, 0.717) is 63.8 Å². The molecule has 10 nitrogen and oxygen atoms in total. The van der Waals surface area contributed by atoms with Crippen LogP contribution in [-0.4, -0.2) is 144 Å². The van der Waals surface area contributed by atoms with Crippen molar-refractivity contribution < 1.29 is 48.6 Å². The molecule has 2 N–H and O–H groups in total. The molecule has 278 valence electrons. The van der Waals surface area contributed by atoms with Gasteiger partial charge in [-0.15, -0.1) is 70.6 Å². The number of rotatable bonds is 38. The van der Waals surface area contributed by atoms with Crippen LogP contribution in [0.1, 0.15) is 25.7 Å². The second kappa shape index (κ2) is 42.2. The zero-order valence-electron chi connectivity index (χ0n) is 26.7. The summed E-state index contributed by atoms with van der Waals surface area (Å²) in [6.07, 6.45) is 2.11. The van der Waals surface area contributed by atoms with Gasteiger partial charge in [0, 0.05) is 65.7 Å². The molecule has 0 aromatic carbocycles. The van der Waals surface area contributed by atoms with Gasteiger partial charge in [0.15, 0.2) is 0 Å². The number of hydrogen-bond acceptors (Lipinski definition) is 20. The summed E-state index contributed by atoms with van der Waals surface area (Å²) in [5.74, 6) is 5.97.